The number of nitrogens with one attached hydrogen (secondary N) is 1. The molecule has 1 amide bonds. The van der Waals surface area contributed by atoms with E-state index in [1.54, 1.807) is 0 Å². The second-order valence-electron chi connectivity index (χ2n) is 9.56. The summed E-state index contributed by atoms with van der Waals surface area (Å²) in [6.07, 6.45) is 8.19. The zero-order valence-electron chi connectivity index (χ0n) is 19.6. The van der Waals surface area contributed by atoms with Crippen molar-refractivity contribution in [1.29, 1.82) is 0 Å². The van der Waals surface area contributed by atoms with Gasteiger partial charge in [0.25, 0.3) is 0 Å². The van der Waals surface area contributed by atoms with Gasteiger partial charge in [-0.1, -0.05) is 93.8 Å². The molecule has 0 heterocycles. The molecule has 3 nitrogen and oxygen atoms in total. The highest BCUT2D eigenvalue weighted by atomic mass is 16.2. The predicted octanol–water partition coefficient (Wildman–Crippen LogP) is 6.00. The summed E-state index contributed by atoms with van der Waals surface area (Å²) >= 11 is 0. The molecule has 1 atom stereocenters. The fraction of sp³-hybridized carbons (Fsp3) is 0.536. The zero-order valence-corrected chi connectivity index (χ0v) is 19.6. The Hall–Kier alpha value is -2.13. The van der Waals surface area contributed by atoms with Crippen molar-refractivity contribution < 1.29 is 4.79 Å². The number of amides is 1. The van der Waals surface area contributed by atoms with E-state index in [0.29, 0.717) is 24.4 Å². The Bertz CT molecular complexity index is 729. The third kappa shape index (κ3) is 6.93. The van der Waals surface area contributed by atoms with E-state index in [1.165, 1.54) is 43.2 Å². The van der Waals surface area contributed by atoms with E-state index in [9.17, 15) is 4.79 Å². The van der Waals surface area contributed by atoms with Crippen LogP contribution in [0, 0.1) is 5.92 Å². The zero-order chi connectivity index (χ0) is 22.1. The molecule has 0 spiro atoms. The highest BCUT2D eigenvalue weighted by Gasteiger charge is 2.30. The van der Waals surface area contributed by atoms with Gasteiger partial charge in [0.2, 0.25) is 5.91 Å². The molecule has 0 radical (unpaired) electrons. The molecule has 31 heavy (non-hydrogen) atoms. The van der Waals surface area contributed by atoms with Crippen molar-refractivity contribution in [1.82, 2.24) is 10.2 Å². The van der Waals surface area contributed by atoms with Crippen molar-refractivity contribution >= 4 is 5.91 Å². The molecule has 3 rings (SSSR count). The molecule has 0 aliphatic heterocycles. The number of likely N-dealkylation sites (N-methyl/N-ethyl adjacent to an activating group) is 1. The van der Waals surface area contributed by atoms with Crippen LogP contribution in [-0.2, 0) is 4.79 Å². The molecule has 1 aliphatic carbocycles. The molecular formula is C28H40N2O. The van der Waals surface area contributed by atoms with Crippen LogP contribution in [0.25, 0.3) is 0 Å². The molecular weight excluding hydrogens is 380 g/mol. The molecule has 1 aliphatic rings. The monoisotopic (exact) mass is 420 g/mol. The van der Waals surface area contributed by atoms with Gasteiger partial charge in [0.15, 0.2) is 0 Å². The summed E-state index contributed by atoms with van der Waals surface area (Å²) in [7, 11) is 2.17. The van der Waals surface area contributed by atoms with Crippen molar-refractivity contribution in [3.05, 3.63) is 71.8 Å². The number of carbonyl (C=O) groups excluding carboxylic acids is 1. The third-order valence-electron chi connectivity index (χ3n) is 6.78. The normalized spacial score (nSPS) is 16.1. The number of rotatable bonds is 10. The molecule has 2 aromatic carbocycles. The van der Waals surface area contributed by atoms with Crippen LogP contribution in [0.5, 0.6) is 0 Å². The van der Waals surface area contributed by atoms with Crippen LogP contribution in [0.3, 0.4) is 0 Å². The first-order valence-electron chi connectivity index (χ1n) is 12.2. The molecule has 1 N–H and O–H groups in total. The van der Waals surface area contributed by atoms with Crippen LogP contribution in [0.1, 0.15) is 75.8 Å². The minimum atomic E-state index is -0.0324. The van der Waals surface area contributed by atoms with Crippen LogP contribution < -0.4 is 5.32 Å². The van der Waals surface area contributed by atoms with E-state index in [-0.39, 0.29) is 11.9 Å². The molecule has 2 aromatic rings. The Labute approximate surface area is 189 Å². The maximum atomic E-state index is 13.3. The summed E-state index contributed by atoms with van der Waals surface area (Å²) in [6.45, 7) is 5.13. The lowest BCUT2D eigenvalue weighted by molar-refractivity contribution is -0.127. The summed E-state index contributed by atoms with van der Waals surface area (Å²) < 4.78 is 0. The van der Waals surface area contributed by atoms with E-state index < -0.39 is 0 Å². The second kappa shape index (κ2) is 12.0. The number of hydrogen-bond donors (Lipinski definition) is 1. The predicted molar refractivity (Wildman–Crippen MR) is 130 cm³/mol. The Morgan fingerprint density at radius 1 is 0.935 bits per heavy atom. The van der Waals surface area contributed by atoms with Crippen LogP contribution in [0.2, 0.25) is 0 Å². The molecule has 0 bridgehead atoms. The first kappa shape index (κ1) is 23.5. The Morgan fingerprint density at radius 3 is 2.00 bits per heavy atom. The van der Waals surface area contributed by atoms with Gasteiger partial charge in [0.05, 0.1) is 6.04 Å². The van der Waals surface area contributed by atoms with E-state index in [1.807, 2.05) is 0 Å². The smallest absolute Gasteiger partial charge is 0.237 e. The van der Waals surface area contributed by atoms with Crippen LogP contribution in [0.15, 0.2) is 60.7 Å². The van der Waals surface area contributed by atoms with Crippen molar-refractivity contribution in [2.24, 2.45) is 5.92 Å². The number of carbonyl (C=O) groups is 1. The largest absolute Gasteiger partial charge is 0.355 e. The number of benzene rings is 2. The average molecular weight is 421 g/mol. The van der Waals surface area contributed by atoms with Crippen molar-refractivity contribution in [3.8, 4) is 0 Å². The lowest BCUT2D eigenvalue weighted by Gasteiger charge is -2.37. The van der Waals surface area contributed by atoms with Crippen LogP contribution >= 0.6 is 0 Å². The maximum Gasteiger partial charge on any atom is 0.237 e. The number of hydrogen-bond acceptors (Lipinski definition) is 2. The summed E-state index contributed by atoms with van der Waals surface area (Å²) in [5, 5.41) is 3.30. The van der Waals surface area contributed by atoms with Gasteiger partial charge in [0.1, 0.15) is 0 Å². The summed E-state index contributed by atoms with van der Waals surface area (Å²) in [6, 6.07) is 21.8. The van der Waals surface area contributed by atoms with Gasteiger partial charge < -0.3 is 5.32 Å². The van der Waals surface area contributed by atoms with Gasteiger partial charge in [-0.2, -0.15) is 0 Å². The third-order valence-corrected chi connectivity index (χ3v) is 6.78. The van der Waals surface area contributed by atoms with Gasteiger partial charge in [-0.25, -0.2) is 0 Å². The molecule has 3 heteroatoms. The number of nitrogens with zero attached hydrogens (tertiary/aromatic N) is 1. The van der Waals surface area contributed by atoms with Crippen LogP contribution in [-0.4, -0.2) is 36.5 Å². The summed E-state index contributed by atoms with van der Waals surface area (Å²) in [5.74, 6) is 0.993. The lowest BCUT2D eigenvalue weighted by Crippen LogP contribution is -2.50. The maximum absolute atomic E-state index is 13.3. The SMILES string of the molecule is CC(C)C[C@@H](C(=O)NCCC(c1ccccc1)c1ccccc1)N(C)C1CCCCC1. The summed E-state index contributed by atoms with van der Waals surface area (Å²) in [5.41, 5.74) is 2.61. The highest BCUT2D eigenvalue weighted by molar-refractivity contribution is 5.81. The van der Waals surface area contributed by atoms with Crippen molar-refractivity contribution in [2.45, 2.75) is 76.8 Å². The minimum Gasteiger partial charge on any atom is -0.355 e. The van der Waals surface area contributed by atoms with E-state index in [0.717, 1.165) is 12.8 Å². The molecule has 168 valence electrons. The van der Waals surface area contributed by atoms with E-state index in [4.69, 9.17) is 0 Å². The first-order chi connectivity index (χ1) is 15.1. The van der Waals surface area contributed by atoms with Gasteiger partial charge >= 0.3 is 0 Å². The highest BCUT2D eigenvalue weighted by Crippen LogP contribution is 2.28. The fourth-order valence-corrected chi connectivity index (χ4v) is 5.00. The molecule has 0 aromatic heterocycles. The Balaban J connectivity index is 1.64. The molecule has 1 fully saturated rings. The van der Waals surface area contributed by atoms with Gasteiger partial charge in [-0.3, -0.25) is 9.69 Å². The second-order valence-corrected chi connectivity index (χ2v) is 9.56. The van der Waals surface area contributed by atoms with Gasteiger partial charge in [-0.15, -0.1) is 0 Å². The van der Waals surface area contributed by atoms with Gasteiger partial charge in [0, 0.05) is 18.5 Å². The Kier molecular flexibility index (Phi) is 9.14. The van der Waals surface area contributed by atoms with E-state index in [2.05, 4.69) is 91.8 Å². The van der Waals surface area contributed by atoms with E-state index >= 15 is 0 Å². The average Bonchev–Trinajstić information content (AvgIpc) is 2.81. The molecule has 0 saturated heterocycles. The standard InChI is InChI=1S/C28H40N2O/c1-22(2)21-27(30(3)25-17-11-6-12-18-25)28(31)29-20-19-26(23-13-7-4-8-14-23)24-15-9-5-10-16-24/h4-5,7-10,13-16,22,25-27H,6,11-12,17-21H2,1-3H3,(H,29,31)/t27-/m0/s1. The lowest BCUT2D eigenvalue weighted by atomic mass is 9.88. The van der Waals surface area contributed by atoms with Crippen LogP contribution in [0.4, 0.5) is 0 Å². The van der Waals surface area contributed by atoms with Crippen molar-refractivity contribution in [3.63, 3.8) is 0 Å². The van der Waals surface area contributed by atoms with Crippen molar-refractivity contribution in [2.75, 3.05) is 13.6 Å². The molecule has 0 unspecified atom stereocenters. The summed E-state index contributed by atoms with van der Waals surface area (Å²) in [4.78, 5) is 15.6. The first-order valence-corrected chi connectivity index (χ1v) is 12.2. The fourth-order valence-electron chi connectivity index (χ4n) is 5.00. The molecule has 1 saturated carbocycles. The quantitative estimate of drug-likeness (QED) is 0.511. The minimum absolute atomic E-state index is 0.0324. The topological polar surface area (TPSA) is 32.3 Å². The Morgan fingerprint density at radius 2 is 1.48 bits per heavy atom. The van der Waals surface area contributed by atoms with Gasteiger partial charge in [-0.05, 0) is 49.8 Å².